The number of aromatic nitrogens is 2. The fraction of sp³-hybridized carbons (Fsp3) is 0.375. The Balaban J connectivity index is 0.00000100. The topological polar surface area (TPSA) is 64.2 Å². The molecule has 0 saturated carbocycles. The highest BCUT2D eigenvalue weighted by molar-refractivity contribution is 6.31. The highest BCUT2D eigenvalue weighted by Crippen LogP contribution is 2.33. The van der Waals surface area contributed by atoms with Crippen molar-refractivity contribution in [2.75, 3.05) is 17.2 Å². The highest BCUT2D eigenvalue weighted by atomic mass is 35.5. The summed E-state index contributed by atoms with van der Waals surface area (Å²) in [5.74, 6) is -0.325. The number of anilines is 2. The summed E-state index contributed by atoms with van der Waals surface area (Å²) >= 11 is 5.88. The van der Waals surface area contributed by atoms with Crippen LogP contribution in [0.25, 0.3) is 0 Å². The van der Waals surface area contributed by atoms with Gasteiger partial charge in [0, 0.05) is 17.8 Å². The Labute approximate surface area is 144 Å². The predicted octanol–water partition coefficient (Wildman–Crippen LogP) is 4.30. The maximum atomic E-state index is 12.8. The third-order valence-electron chi connectivity index (χ3n) is 3.67. The second kappa shape index (κ2) is 7.17. The minimum Gasteiger partial charge on any atom is -0.396 e. The van der Waals surface area contributed by atoms with Crippen molar-refractivity contribution in [2.24, 2.45) is 0 Å². The van der Waals surface area contributed by atoms with Gasteiger partial charge in [-0.15, -0.1) is 0 Å². The van der Waals surface area contributed by atoms with Crippen LogP contribution in [0, 0.1) is 0 Å². The van der Waals surface area contributed by atoms with Gasteiger partial charge < -0.3 is 10.6 Å². The van der Waals surface area contributed by atoms with Crippen LogP contribution in [0.4, 0.5) is 20.2 Å². The SMILES string of the molecule is CC.CC1CN(c2ccc(C(F)F)c(Cl)c2)C(=O)c2c(N)cnn21. The number of carbonyl (C=O) groups excluding carboxylic acids is 1. The number of nitrogens with zero attached hydrogens (tertiary/aromatic N) is 3. The van der Waals surface area contributed by atoms with E-state index in [0.717, 1.165) is 0 Å². The van der Waals surface area contributed by atoms with E-state index in [2.05, 4.69) is 5.10 Å². The fourth-order valence-corrected chi connectivity index (χ4v) is 2.82. The maximum absolute atomic E-state index is 12.8. The van der Waals surface area contributed by atoms with Crippen molar-refractivity contribution in [2.45, 2.75) is 33.2 Å². The Morgan fingerprint density at radius 1 is 1.38 bits per heavy atom. The highest BCUT2D eigenvalue weighted by Gasteiger charge is 2.33. The van der Waals surface area contributed by atoms with Gasteiger partial charge in [0.2, 0.25) is 0 Å². The summed E-state index contributed by atoms with van der Waals surface area (Å²) in [7, 11) is 0. The van der Waals surface area contributed by atoms with Crippen LogP contribution < -0.4 is 10.6 Å². The van der Waals surface area contributed by atoms with Crippen LogP contribution in [-0.4, -0.2) is 22.2 Å². The quantitative estimate of drug-likeness (QED) is 0.872. The first kappa shape index (κ1) is 18.2. The third kappa shape index (κ3) is 3.08. The van der Waals surface area contributed by atoms with Crippen molar-refractivity contribution in [3.8, 4) is 0 Å². The molecule has 8 heteroatoms. The third-order valence-corrected chi connectivity index (χ3v) is 3.99. The van der Waals surface area contributed by atoms with E-state index in [1.807, 2.05) is 20.8 Å². The lowest BCUT2D eigenvalue weighted by Crippen LogP contribution is -2.42. The molecule has 2 heterocycles. The Kier molecular flexibility index (Phi) is 5.43. The number of nitrogens with two attached hydrogens (primary N) is 1. The number of carbonyl (C=O) groups is 1. The summed E-state index contributed by atoms with van der Waals surface area (Å²) in [5.41, 5.74) is 6.58. The van der Waals surface area contributed by atoms with Gasteiger partial charge in [0.05, 0.1) is 22.9 Å². The molecule has 0 aliphatic carbocycles. The van der Waals surface area contributed by atoms with E-state index in [1.54, 1.807) is 4.68 Å². The van der Waals surface area contributed by atoms with E-state index in [0.29, 0.717) is 17.9 Å². The minimum absolute atomic E-state index is 0.0694. The van der Waals surface area contributed by atoms with Crippen LogP contribution >= 0.6 is 11.6 Å². The molecule has 0 saturated heterocycles. The summed E-state index contributed by atoms with van der Waals surface area (Å²) < 4.78 is 27.1. The number of alkyl halides is 2. The molecule has 0 spiro atoms. The Morgan fingerprint density at radius 3 is 2.62 bits per heavy atom. The van der Waals surface area contributed by atoms with E-state index < -0.39 is 6.43 Å². The van der Waals surface area contributed by atoms with Crippen molar-refractivity contribution in [3.05, 3.63) is 40.7 Å². The van der Waals surface area contributed by atoms with Gasteiger partial charge in [0.1, 0.15) is 5.69 Å². The molecule has 1 aliphatic rings. The predicted molar refractivity (Wildman–Crippen MR) is 90.8 cm³/mol. The molecule has 1 aromatic heterocycles. The zero-order valence-corrected chi connectivity index (χ0v) is 14.4. The van der Waals surface area contributed by atoms with E-state index in [9.17, 15) is 13.6 Å². The molecule has 1 atom stereocenters. The normalized spacial score (nSPS) is 16.7. The lowest BCUT2D eigenvalue weighted by Gasteiger charge is -2.32. The number of hydrogen-bond acceptors (Lipinski definition) is 3. The van der Waals surface area contributed by atoms with Crippen LogP contribution in [0.2, 0.25) is 5.02 Å². The summed E-state index contributed by atoms with van der Waals surface area (Å²) in [6.07, 6.45) is -1.23. The summed E-state index contributed by atoms with van der Waals surface area (Å²) in [5, 5.41) is 4.02. The van der Waals surface area contributed by atoms with Crippen LogP contribution in [-0.2, 0) is 0 Å². The number of rotatable bonds is 2. The molecule has 130 valence electrons. The van der Waals surface area contributed by atoms with Crippen molar-refractivity contribution >= 4 is 28.9 Å². The van der Waals surface area contributed by atoms with Gasteiger partial charge in [-0.1, -0.05) is 25.4 Å². The fourth-order valence-electron chi connectivity index (χ4n) is 2.57. The average molecular weight is 357 g/mol. The zero-order valence-electron chi connectivity index (χ0n) is 13.6. The lowest BCUT2D eigenvalue weighted by atomic mass is 10.1. The average Bonchev–Trinajstić information content (AvgIpc) is 2.95. The van der Waals surface area contributed by atoms with Gasteiger partial charge in [-0.25, -0.2) is 8.78 Å². The summed E-state index contributed by atoms with van der Waals surface area (Å²) in [6, 6.07) is 3.98. The van der Waals surface area contributed by atoms with Gasteiger partial charge in [-0.2, -0.15) is 5.10 Å². The summed E-state index contributed by atoms with van der Waals surface area (Å²) in [6.45, 7) is 6.25. The van der Waals surface area contributed by atoms with E-state index in [4.69, 9.17) is 17.3 Å². The molecule has 3 rings (SSSR count). The molecule has 24 heavy (non-hydrogen) atoms. The van der Waals surface area contributed by atoms with Gasteiger partial charge in [-0.3, -0.25) is 9.48 Å². The van der Waals surface area contributed by atoms with Crippen LogP contribution in [0.1, 0.15) is 49.3 Å². The second-order valence-corrected chi connectivity index (χ2v) is 5.57. The Morgan fingerprint density at radius 2 is 2.04 bits per heavy atom. The minimum atomic E-state index is -2.66. The van der Waals surface area contributed by atoms with Crippen LogP contribution in [0.5, 0.6) is 0 Å². The number of hydrogen-bond donors (Lipinski definition) is 1. The molecule has 0 bridgehead atoms. The van der Waals surface area contributed by atoms with Crippen LogP contribution in [0.3, 0.4) is 0 Å². The number of halogens is 3. The van der Waals surface area contributed by atoms with Crippen molar-refractivity contribution < 1.29 is 13.6 Å². The maximum Gasteiger partial charge on any atom is 0.278 e. The smallest absolute Gasteiger partial charge is 0.278 e. The van der Waals surface area contributed by atoms with Gasteiger partial charge in [-0.05, 0) is 25.1 Å². The molecule has 2 aromatic rings. The zero-order chi connectivity index (χ0) is 18.0. The first-order valence-corrected chi connectivity index (χ1v) is 8.00. The molecule has 1 amide bonds. The van der Waals surface area contributed by atoms with Gasteiger partial charge in [0.15, 0.2) is 0 Å². The van der Waals surface area contributed by atoms with Crippen LogP contribution in [0.15, 0.2) is 24.4 Å². The van der Waals surface area contributed by atoms with E-state index in [-0.39, 0.29) is 28.2 Å². The molecular weight excluding hydrogens is 338 g/mol. The molecule has 2 N–H and O–H groups in total. The summed E-state index contributed by atoms with van der Waals surface area (Å²) in [4.78, 5) is 14.0. The number of nitrogen functional groups attached to an aromatic ring is 1. The molecule has 1 aromatic carbocycles. The lowest BCUT2D eigenvalue weighted by molar-refractivity contribution is 0.0954. The molecule has 0 radical (unpaired) electrons. The first-order chi connectivity index (χ1) is 11.4. The van der Waals surface area contributed by atoms with Gasteiger partial charge >= 0.3 is 0 Å². The largest absolute Gasteiger partial charge is 0.396 e. The van der Waals surface area contributed by atoms with Gasteiger partial charge in [0.25, 0.3) is 12.3 Å². The van der Waals surface area contributed by atoms with Crippen molar-refractivity contribution in [1.29, 1.82) is 0 Å². The molecule has 5 nitrogen and oxygen atoms in total. The number of benzene rings is 1. The van der Waals surface area contributed by atoms with Crippen molar-refractivity contribution in [3.63, 3.8) is 0 Å². The molecule has 1 aliphatic heterocycles. The first-order valence-electron chi connectivity index (χ1n) is 7.62. The van der Waals surface area contributed by atoms with E-state index >= 15 is 0 Å². The molecule has 0 fully saturated rings. The Hall–Kier alpha value is -2.15. The monoisotopic (exact) mass is 356 g/mol. The molecular formula is C16H19ClF2N4O. The molecule has 1 unspecified atom stereocenters. The number of fused-ring (bicyclic) bond motifs is 1. The number of amides is 1. The Bertz CT molecular complexity index is 748. The second-order valence-electron chi connectivity index (χ2n) is 5.16. The van der Waals surface area contributed by atoms with Crippen molar-refractivity contribution in [1.82, 2.24) is 9.78 Å². The standard InChI is InChI=1S/C14H13ClF2N4O.C2H6/c1-7-6-20(14(22)12-11(18)5-19-21(7)12)8-2-3-9(13(16)17)10(15)4-8;1-2/h2-5,7,13H,6,18H2,1H3;1-2H3. The van der Waals surface area contributed by atoms with E-state index in [1.165, 1.54) is 29.3 Å².